The van der Waals surface area contributed by atoms with Crippen molar-refractivity contribution in [3.05, 3.63) is 42.4 Å². The van der Waals surface area contributed by atoms with E-state index in [2.05, 4.69) is 20.6 Å². The molecular weight excluding hydrogens is 334 g/mol. The van der Waals surface area contributed by atoms with Gasteiger partial charge in [0.25, 0.3) is 0 Å². The zero-order valence-corrected chi connectivity index (χ0v) is 14.5. The summed E-state index contributed by atoms with van der Waals surface area (Å²) in [5.74, 6) is -0.194. The van der Waals surface area contributed by atoms with Crippen LogP contribution in [0.25, 0.3) is 5.65 Å². The SMILES string of the molecule is CN1C(=O)CC[C@@H](C(=O)Nc2nnc3ccccn23)[C@@H]1c1ccnn1C. The quantitative estimate of drug-likeness (QED) is 0.758. The molecule has 3 aromatic rings. The van der Waals surface area contributed by atoms with Crippen LogP contribution in [-0.4, -0.2) is 48.1 Å². The van der Waals surface area contributed by atoms with Crippen molar-refractivity contribution in [2.45, 2.75) is 18.9 Å². The fraction of sp³-hybridized carbons (Fsp3) is 0.353. The molecule has 0 unspecified atom stereocenters. The van der Waals surface area contributed by atoms with Crippen LogP contribution in [0.5, 0.6) is 0 Å². The van der Waals surface area contributed by atoms with Crippen LogP contribution in [0, 0.1) is 5.92 Å². The highest BCUT2D eigenvalue weighted by atomic mass is 16.2. The van der Waals surface area contributed by atoms with Gasteiger partial charge in [-0.05, 0) is 24.6 Å². The number of carbonyl (C=O) groups is 2. The molecule has 1 fully saturated rings. The van der Waals surface area contributed by atoms with Gasteiger partial charge in [-0.25, -0.2) is 0 Å². The Morgan fingerprint density at radius 3 is 2.85 bits per heavy atom. The minimum Gasteiger partial charge on any atom is -0.336 e. The highest BCUT2D eigenvalue weighted by molar-refractivity contribution is 5.93. The molecule has 3 aromatic heterocycles. The summed E-state index contributed by atoms with van der Waals surface area (Å²) in [6.45, 7) is 0. The van der Waals surface area contributed by atoms with Crippen LogP contribution in [-0.2, 0) is 16.6 Å². The Balaban J connectivity index is 1.65. The van der Waals surface area contributed by atoms with Crippen molar-refractivity contribution < 1.29 is 9.59 Å². The average Bonchev–Trinajstić information content (AvgIpc) is 3.24. The van der Waals surface area contributed by atoms with Gasteiger partial charge in [-0.2, -0.15) is 5.10 Å². The Kier molecular flexibility index (Phi) is 3.90. The number of hydrogen-bond donors (Lipinski definition) is 1. The molecule has 1 aliphatic rings. The number of nitrogens with one attached hydrogen (secondary N) is 1. The van der Waals surface area contributed by atoms with Crippen LogP contribution in [0.4, 0.5) is 5.95 Å². The van der Waals surface area contributed by atoms with Crippen molar-refractivity contribution in [3.8, 4) is 0 Å². The molecule has 1 saturated heterocycles. The van der Waals surface area contributed by atoms with E-state index in [1.54, 1.807) is 33.4 Å². The highest BCUT2D eigenvalue weighted by Gasteiger charge is 2.40. The fourth-order valence-electron chi connectivity index (χ4n) is 3.52. The maximum Gasteiger partial charge on any atom is 0.235 e. The molecule has 0 aromatic carbocycles. The summed E-state index contributed by atoms with van der Waals surface area (Å²) in [6.07, 6.45) is 4.27. The minimum atomic E-state index is -0.399. The number of fused-ring (bicyclic) bond motifs is 1. The van der Waals surface area contributed by atoms with Gasteiger partial charge in [0.2, 0.25) is 17.8 Å². The summed E-state index contributed by atoms with van der Waals surface area (Å²) >= 11 is 0. The molecule has 0 spiro atoms. The normalized spacial score (nSPS) is 20.5. The Labute approximate surface area is 149 Å². The monoisotopic (exact) mass is 353 g/mol. The predicted molar refractivity (Wildman–Crippen MR) is 93.1 cm³/mol. The number of aromatic nitrogens is 5. The van der Waals surface area contributed by atoms with Gasteiger partial charge in [0.05, 0.1) is 17.7 Å². The zero-order valence-electron chi connectivity index (χ0n) is 14.5. The van der Waals surface area contributed by atoms with Gasteiger partial charge in [0.15, 0.2) is 5.65 Å². The first-order valence-corrected chi connectivity index (χ1v) is 8.40. The Hall–Kier alpha value is -3.23. The Morgan fingerprint density at radius 2 is 2.08 bits per heavy atom. The third-order valence-electron chi connectivity index (χ3n) is 4.91. The molecule has 0 saturated carbocycles. The van der Waals surface area contributed by atoms with E-state index in [1.807, 2.05) is 31.3 Å². The van der Waals surface area contributed by atoms with Crippen LogP contribution in [0.1, 0.15) is 24.6 Å². The predicted octanol–water partition coefficient (Wildman–Crippen LogP) is 1.01. The van der Waals surface area contributed by atoms with Crippen molar-refractivity contribution >= 4 is 23.4 Å². The van der Waals surface area contributed by atoms with Gasteiger partial charge < -0.3 is 4.90 Å². The standard InChI is InChI=1S/C17H19N7O2/c1-22-14(25)7-6-11(15(22)12-8-9-18-23(12)2)16(26)19-17-21-20-13-5-3-4-10-24(13)17/h3-5,8-11,15H,6-7H2,1-2H3,(H,19,21,26)/t11-,15-/m1/s1. The van der Waals surface area contributed by atoms with Gasteiger partial charge in [0.1, 0.15) is 0 Å². The van der Waals surface area contributed by atoms with Gasteiger partial charge >= 0.3 is 0 Å². The van der Waals surface area contributed by atoms with E-state index >= 15 is 0 Å². The van der Waals surface area contributed by atoms with Gasteiger partial charge in [0, 0.05) is 32.9 Å². The van der Waals surface area contributed by atoms with Crippen molar-refractivity contribution in [1.29, 1.82) is 0 Å². The van der Waals surface area contributed by atoms with Crippen LogP contribution >= 0.6 is 0 Å². The van der Waals surface area contributed by atoms with Crippen LogP contribution in [0.3, 0.4) is 0 Å². The zero-order chi connectivity index (χ0) is 18.3. The smallest absolute Gasteiger partial charge is 0.235 e. The maximum absolute atomic E-state index is 13.0. The molecule has 0 bridgehead atoms. The summed E-state index contributed by atoms with van der Waals surface area (Å²) < 4.78 is 3.42. The third kappa shape index (κ3) is 2.61. The van der Waals surface area contributed by atoms with E-state index in [0.717, 1.165) is 5.69 Å². The van der Waals surface area contributed by atoms with E-state index in [0.29, 0.717) is 24.4 Å². The Morgan fingerprint density at radius 1 is 1.23 bits per heavy atom. The van der Waals surface area contributed by atoms with E-state index < -0.39 is 5.92 Å². The van der Waals surface area contributed by atoms with Gasteiger partial charge in [-0.15, -0.1) is 10.2 Å². The molecule has 4 heterocycles. The molecule has 26 heavy (non-hydrogen) atoms. The molecule has 9 heteroatoms. The lowest BCUT2D eigenvalue weighted by atomic mass is 9.86. The molecular formula is C17H19N7O2. The number of amides is 2. The minimum absolute atomic E-state index is 0.0215. The van der Waals surface area contributed by atoms with Gasteiger partial charge in [-0.3, -0.25) is 24.0 Å². The lowest BCUT2D eigenvalue weighted by Gasteiger charge is -2.38. The summed E-state index contributed by atoms with van der Waals surface area (Å²) in [5.41, 5.74) is 1.48. The second kappa shape index (κ2) is 6.25. The second-order valence-electron chi connectivity index (χ2n) is 6.42. The molecule has 0 aliphatic carbocycles. The van der Waals surface area contributed by atoms with Crippen molar-refractivity contribution in [2.75, 3.05) is 12.4 Å². The molecule has 1 N–H and O–H groups in total. The van der Waals surface area contributed by atoms with Crippen molar-refractivity contribution in [3.63, 3.8) is 0 Å². The maximum atomic E-state index is 13.0. The second-order valence-corrected chi connectivity index (χ2v) is 6.42. The molecule has 0 radical (unpaired) electrons. The van der Waals surface area contributed by atoms with Crippen molar-refractivity contribution in [1.82, 2.24) is 29.3 Å². The number of pyridine rings is 1. The molecule has 1 aliphatic heterocycles. The number of aryl methyl sites for hydroxylation is 1. The number of hydrogen-bond acceptors (Lipinski definition) is 5. The highest BCUT2D eigenvalue weighted by Crippen LogP contribution is 2.36. The number of piperidine rings is 1. The number of rotatable bonds is 3. The van der Waals surface area contributed by atoms with Crippen LogP contribution in [0.2, 0.25) is 0 Å². The first-order valence-electron chi connectivity index (χ1n) is 8.40. The molecule has 2 amide bonds. The average molecular weight is 353 g/mol. The number of carbonyl (C=O) groups excluding carboxylic acids is 2. The van der Waals surface area contributed by atoms with Gasteiger partial charge in [-0.1, -0.05) is 6.07 Å². The fourth-order valence-corrected chi connectivity index (χ4v) is 3.52. The summed E-state index contributed by atoms with van der Waals surface area (Å²) in [7, 11) is 3.54. The molecule has 134 valence electrons. The van der Waals surface area contributed by atoms with Crippen LogP contribution < -0.4 is 5.32 Å². The van der Waals surface area contributed by atoms with Crippen molar-refractivity contribution in [2.24, 2.45) is 13.0 Å². The van der Waals surface area contributed by atoms with E-state index in [4.69, 9.17) is 0 Å². The first kappa shape index (κ1) is 16.2. The van der Waals surface area contributed by atoms with E-state index in [1.165, 1.54) is 0 Å². The summed E-state index contributed by atoms with van der Waals surface area (Å²) in [5, 5.41) is 15.1. The first-order chi connectivity index (χ1) is 12.6. The van der Waals surface area contributed by atoms with E-state index in [9.17, 15) is 9.59 Å². The van der Waals surface area contributed by atoms with Crippen LogP contribution in [0.15, 0.2) is 36.7 Å². The lowest BCUT2D eigenvalue weighted by Crippen LogP contribution is -2.45. The molecule has 2 atom stereocenters. The third-order valence-corrected chi connectivity index (χ3v) is 4.91. The molecule has 4 rings (SSSR count). The topological polar surface area (TPSA) is 97.4 Å². The lowest BCUT2D eigenvalue weighted by molar-refractivity contribution is -0.140. The largest absolute Gasteiger partial charge is 0.336 e. The number of anilines is 1. The number of likely N-dealkylation sites (tertiary alicyclic amines) is 1. The summed E-state index contributed by atoms with van der Waals surface area (Å²) in [4.78, 5) is 26.9. The number of nitrogens with zero attached hydrogens (tertiary/aromatic N) is 6. The van der Waals surface area contributed by atoms with E-state index in [-0.39, 0.29) is 17.9 Å². The summed E-state index contributed by atoms with van der Waals surface area (Å²) in [6, 6.07) is 6.98. The molecule has 9 nitrogen and oxygen atoms in total. The Bertz CT molecular complexity index is 976.